The first-order chi connectivity index (χ1) is 9.97. The van der Waals surface area contributed by atoms with E-state index in [0.717, 1.165) is 6.42 Å². The molecule has 0 saturated carbocycles. The van der Waals surface area contributed by atoms with Gasteiger partial charge >= 0.3 is 0 Å². The third kappa shape index (κ3) is 3.88. The minimum Gasteiger partial charge on any atom is -0.393 e. The highest BCUT2D eigenvalue weighted by molar-refractivity contribution is 5.92. The third-order valence-electron chi connectivity index (χ3n) is 3.72. The summed E-state index contributed by atoms with van der Waals surface area (Å²) in [7, 11) is 0. The molecular formula is C15H18N2O4. The van der Waals surface area contributed by atoms with Gasteiger partial charge in [0.05, 0.1) is 11.0 Å². The fourth-order valence-corrected chi connectivity index (χ4v) is 2.40. The SMILES string of the molecule is CC(O)C1CCN(C(=O)/C=C/c2cccc([N+](=O)[O-])c2)C1. The molecule has 6 heteroatoms. The lowest BCUT2D eigenvalue weighted by Crippen LogP contribution is -2.28. The van der Waals surface area contributed by atoms with Gasteiger partial charge in [0.2, 0.25) is 5.91 Å². The number of nitrogens with zero attached hydrogens (tertiary/aromatic N) is 2. The number of amides is 1. The number of benzene rings is 1. The average Bonchev–Trinajstić information content (AvgIpc) is 2.95. The van der Waals surface area contributed by atoms with E-state index < -0.39 is 11.0 Å². The number of aliphatic hydroxyl groups excluding tert-OH is 1. The Kier molecular flexibility index (Phi) is 4.70. The van der Waals surface area contributed by atoms with Crippen LogP contribution in [0.3, 0.4) is 0 Å². The maximum Gasteiger partial charge on any atom is 0.270 e. The minimum atomic E-state index is -0.465. The normalized spacial score (nSPS) is 19.9. The Bertz CT molecular complexity index is 569. The molecule has 1 fully saturated rings. The van der Waals surface area contributed by atoms with Gasteiger partial charge in [-0.2, -0.15) is 0 Å². The topological polar surface area (TPSA) is 83.7 Å². The summed E-state index contributed by atoms with van der Waals surface area (Å²) in [5, 5.41) is 20.2. The number of carbonyl (C=O) groups excluding carboxylic acids is 1. The lowest BCUT2D eigenvalue weighted by molar-refractivity contribution is -0.384. The third-order valence-corrected chi connectivity index (χ3v) is 3.72. The smallest absolute Gasteiger partial charge is 0.270 e. The first-order valence-corrected chi connectivity index (χ1v) is 6.87. The van der Waals surface area contributed by atoms with Crippen LogP contribution in [0.5, 0.6) is 0 Å². The highest BCUT2D eigenvalue weighted by Crippen LogP contribution is 2.20. The average molecular weight is 290 g/mol. The molecule has 6 nitrogen and oxygen atoms in total. The zero-order valence-electron chi connectivity index (χ0n) is 11.8. The zero-order valence-corrected chi connectivity index (χ0v) is 11.8. The van der Waals surface area contributed by atoms with Crippen molar-refractivity contribution in [2.75, 3.05) is 13.1 Å². The Balaban J connectivity index is 2.00. The lowest BCUT2D eigenvalue weighted by Gasteiger charge is -2.15. The van der Waals surface area contributed by atoms with E-state index >= 15 is 0 Å². The molecule has 1 aromatic carbocycles. The predicted molar refractivity (Wildman–Crippen MR) is 78.5 cm³/mol. The largest absolute Gasteiger partial charge is 0.393 e. The maximum atomic E-state index is 12.0. The molecule has 1 N–H and O–H groups in total. The van der Waals surface area contributed by atoms with Crippen molar-refractivity contribution in [3.8, 4) is 0 Å². The van der Waals surface area contributed by atoms with Crippen molar-refractivity contribution in [2.24, 2.45) is 5.92 Å². The van der Waals surface area contributed by atoms with Gasteiger partial charge in [-0.25, -0.2) is 0 Å². The fourth-order valence-electron chi connectivity index (χ4n) is 2.40. The van der Waals surface area contributed by atoms with Crippen LogP contribution in [0.25, 0.3) is 6.08 Å². The predicted octanol–water partition coefficient (Wildman–Crippen LogP) is 1.84. The Morgan fingerprint density at radius 1 is 1.57 bits per heavy atom. The van der Waals surface area contributed by atoms with Crippen LogP contribution in [0.2, 0.25) is 0 Å². The number of carbonyl (C=O) groups is 1. The summed E-state index contributed by atoms with van der Waals surface area (Å²) in [5.74, 6) is -0.00943. The number of nitro groups is 1. The van der Waals surface area contributed by atoms with Crippen molar-refractivity contribution in [1.29, 1.82) is 0 Å². The standard InChI is InChI=1S/C15H18N2O4/c1-11(18)13-7-8-16(10-13)15(19)6-5-12-3-2-4-14(9-12)17(20)21/h2-6,9,11,13,18H,7-8,10H2,1H3/b6-5+. The summed E-state index contributed by atoms with van der Waals surface area (Å²) in [6, 6.07) is 6.13. The quantitative estimate of drug-likeness (QED) is 0.521. The van der Waals surface area contributed by atoms with Crippen LogP contribution in [0.15, 0.2) is 30.3 Å². The molecular weight excluding hydrogens is 272 g/mol. The molecule has 112 valence electrons. The zero-order chi connectivity index (χ0) is 15.4. The van der Waals surface area contributed by atoms with Gasteiger partial charge in [-0.3, -0.25) is 14.9 Å². The highest BCUT2D eigenvalue weighted by Gasteiger charge is 2.27. The van der Waals surface area contributed by atoms with Crippen molar-refractivity contribution in [3.63, 3.8) is 0 Å². The van der Waals surface area contributed by atoms with E-state index in [-0.39, 0.29) is 17.5 Å². The van der Waals surface area contributed by atoms with E-state index in [4.69, 9.17) is 0 Å². The Morgan fingerprint density at radius 3 is 2.95 bits per heavy atom. The highest BCUT2D eigenvalue weighted by atomic mass is 16.6. The molecule has 21 heavy (non-hydrogen) atoms. The van der Waals surface area contributed by atoms with Crippen molar-refractivity contribution in [3.05, 3.63) is 46.0 Å². The minimum absolute atomic E-state index is 0.0000548. The monoisotopic (exact) mass is 290 g/mol. The number of hydrogen-bond acceptors (Lipinski definition) is 4. The van der Waals surface area contributed by atoms with E-state index in [1.54, 1.807) is 30.0 Å². The first kappa shape index (κ1) is 15.2. The Labute approximate surface area is 122 Å². The van der Waals surface area contributed by atoms with Gasteiger partial charge in [0.1, 0.15) is 0 Å². The number of likely N-dealkylation sites (tertiary alicyclic amines) is 1. The van der Waals surface area contributed by atoms with Crippen molar-refractivity contribution < 1.29 is 14.8 Å². The molecule has 2 rings (SSSR count). The van der Waals surface area contributed by atoms with E-state index in [1.807, 2.05) is 0 Å². The second-order valence-corrected chi connectivity index (χ2v) is 5.26. The van der Waals surface area contributed by atoms with Crippen LogP contribution >= 0.6 is 0 Å². The van der Waals surface area contributed by atoms with Gasteiger partial charge in [0, 0.05) is 37.2 Å². The van der Waals surface area contributed by atoms with Gasteiger partial charge < -0.3 is 10.0 Å². The van der Waals surface area contributed by atoms with Crippen LogP contribution < -0.4 is 0 Å². The summed E-state index contributed by atoms with van der Waals surface area (Å²) in [6.45, 7) is 2.92. The number of aliphatic hydroxyl groups is 1. The van der Waals surface area contributed by atoms with Crippen molar-refractivity contribution in [1.82, 2.24) is 4.90 Å². The van der Waals surface area contributed by atoms with E-state index in [1.165, 1.54) is 18.2 Å². The van der Waals surface area contributed by atoms with Crippen LogP contribution in [0, 0.1) is 16.0 Å². The lowest BCUT2D eigenvalue weighted by atomic mass is 10.0. The number of nitro benzene ring substituents is 1. The Hall–Kier alpha value is -2.21. The van der Waals surface area contributed by atoms with E-state index in [0.29, 0.717) is 18.7 Å². The molecule has 0 aliphatic carbocycles. The number of hydrogen-bond donors (Lipinski definition) is 1. The molecule has 1 amide bonds. The van der Waals surface area contributed by atoms with Crippen molar-refractivity contribution in [2.45, 2.75) is 19.4 Å². The molecule has 0 aromatic heterocycles. The molecule has 1 heterocycles. The van der Waals surface area contributed by atoms with Crippen LogP contribution in [0.1, 0.15) is 18.9 Å². The van der Waals surface area contributed by atoms with Gasteiger partial charge in [-0.15, -0.1) is 0 Å². The summed E-state index contributed by atoms with van der Waals surface area (Å²) < 4.78 is 0. The fraction of sp³-hybridized carbons (Fsp3) is 0.400. The first-order valence-electron chi connectivity index (χ1n) is 6.87. The summed E-state index contributed by atoms with van der Waals surface area (Å²) in [5.41, 5.74) is 0.615. The van der Waals surface area contributed by atoms with Crippen LogP contribution in [-0.4, -0.2) is 40.0 Å². The summed E-state index contributed by atoms with van der Waals surface area (Å²) in [6.07, 6.45) is 3.38. The summed E-state index contributed by atoms with van der Waals surface area (Å²) >= 11 is 0. The van der Waals surface area contributed by atoms with Gasteiger partial charge in [0.15, 0.2) is 0 Å². The molecule has 1 aromatic rings. The molecule has 0 spiro atoms. The second kappa shape index (κ2) is 6.49. The molecule has 1 aliphatic rings. The number of non-ortho nitro benzene ring substituents is 1. The van der Waals surface area contributed by atoms with Crippen LogP contribution in [0.4, 0.5) is 5.69 Å². The second-order valence-electron chi connectivity index (χ2n) is 5.26. The van der Waals surface area contributed by atoms with Crippen molar-refractivity contribution >= 4 is 17.7 Å². The maximum absolute atomic E-state index is 12.0. The van der Waals surface area contributed by atoms with E-state index in [9.17, 15) is 20.0 Å². The van der Waals surface area contributed by atoms with E-state index in [2.05, 4.69) is 0 Å². The Morgan fingerprint density at radius 2 is 2.33 bits per heavy atom. The summed E-state index contributed by atoms with van der Waals surface area (Å²) in [4.78, 5) is 23.9. The van der Waals surface area contributed by atoms with Gasteiger partial charge in [0.25, 0.3) is 5.69 Å². The molecule has 2 unspecified atom stereocenters. The molecule has 0 bridgehead atoms. The van der Waals surface area contributed by atoms with Crippen LogP contribution in [-0.2, 0) is 4.79 Å². The molecule has 1 saturated heterocycles. The molecule has 1 aliphatic heterocycles. The number of rotatable bonds is 4. The molecule has 2 atom stereocenters. The van der Waals surface area contributed by atoms with Gasteiger partial charge in [-0.1, -0.05) is 12.1 Å². The molecule has 0 radical (unpaired) electrons. The van der Waals surface area contributed by atoms with Gasteiger partial charge in [-0.05, 0) is 25.0 Å².